The number of nitrogens with one attached hydrogen (secondary N) is 2. The van der Waals surface area contributed by atoms with Gasteiger partial charge in [-0.1, -0.05) is 0 Å². The predicted molar refractivity (Wildman–Crippen MR) is 94.4 cm³/mol. The Hall–Kier alpha value is -2.84. The molecule has 1 aliphatic heterocycles. The average molecular weight is 345 g/mol. The van der Waals surface area contributed by atoms with Gasteiger partial charge in [0.25, 0.3) is 5.91 Å². The van der Waals surface area contributed by atoms with Gasteiger partial charge in [-0.3, -0.25) is 4.79 Å². The number of nitrogens with two attached hydrogens (primary N) is 1. The van der Waals surface area contributed by atoms with Crippen molar-refractivity contribution in [1.82, 2.24) is 25.0 Å². The summed E-state index contributed by atoms with van der Waals surface area (Å²) in [5.41, 5.74) is 7.30. The van der Waals surface area contributed by atoms with E-state index in [0.29, 0.717) is 25.2 Å². The van der Waals surface area contributed by atoms with Crippen LogP contribution in [-0.4, -0.2) is 57.8 Å². The Kier molecular flexibility index (Phi) is 4.73. The highest BCUT2D eigenvalue weighted by atomic mass is 16.2. The summed E-state index contributed by atoms with van der Waals surface area (Å²) in [6.07, 6.45) is 4.85. The molecular formula is C16H23N7O2. The second kappa shape index (κ2) is 6.96. The number of urea groups is 1. The quantitative estimate of drug-likeness (QED) is 0.756. The molecule has 9 nitrogen and oxygen atoms in total. The van der Waals surface area contributed by atoms with Crippen molar-refractivity contribution in [2.24, 2.45) is 5.73 Å². The molecule has 0 unspecified atom stereocenters. The summed E-state index contributed by atoms with van der Waals surface area (Å²) in [5, 5.41) is 11.3. The van der Waals surface area contributed by atoms with Gasteiger partial charge in [0, 0.05) is 38.9 Å². The van der Waals surface area contributed by atoms with Crippen LogP contribution in [0.5, 0.6) is 0 Å². The maximum absolute atomic E-state index is 12.2. The summed E-state index contributed by atoms with van der Waals surface area (Å²) in [6, 6.07) is -0.241. The Labute approximate surface area is 145 Å². The molecule has 1 fully saturated rings. The van der Waals surface area contributed by atoms with Gasteiger partial charge in [-0.2, -0.15) is 5.10 Å². The average Bonchev–Trinajstić information content (AvgIpc) is 3.05. The van der Waals surface area contributed by atoms with Crippen LogP contribution < -0.4 is 16.4 Å². The van der Waals surface area contributed by atoms with Crippen LogP contribution in [0.25, 0.3) is 11.0 Å². The number of aromatic nitrogens is 3. The van der Waals surface area contributed by atoms with E-state index in [2.05, 4.69) is 20.7 Å². The van der Waals surface area contributed by atoms with Crippen LogP contribution in [0.15, 0.2) is 12.4 Å². The number of primary amides is 1. The van der Waals surface area contributed by atoms with Crippen molar-refractivity contribution in [3.05, 3.63) is 18.0 Å². The van der Waals surface area contributed by atoms with Crippen molar-refractivity contribution >= 4 is 28.7 Å². The zero-order valence-corrected chi connectivity index (χ0v) is 14.5. The number of hydrogen-bond donors (Lipinski definition) is 3. The Bertz CT molecular complexity index is 793. The van der Waals surface area contributed by atoms with E-state index >= 15 is 0 Å². The summed E-state index contributed by atoms with van der Waals surface area (Å²) in [4.78, 5) is 29.6. The van der Waals surface area contributed by atoms with E-state index in [-0.39, 0.29) is 18.0 Å². The second-order valence-electron chi connectivity index (χ2n) is 6.07. The van der Waals surface area contributed by atoms with E-state index in [0.717, 1.165) is 29.6 Å². The van der Waals surface area contributed by atoms with Crippen molar-refractivity contribution in [2.45, 2.75) is 32.4 Å². The van der Waals surface area contributed by atoms with Crippen LogP contribution in [0.4, 0.5) is 10.5 Å². The third kappa shape index (κ3) is 3.21. The number of pyridine rings is 1. The van der Waals surface area contributed by atoms with E-state index in [9.17, 15) is 9.59 Å². The molecule has 2 aromatic heterocycles. The number of nitrogens with zero attached hydrogens (tertiary/aromatic N) is 4. The van der Waals surface area contributed by atoms with E-state index in [4.69, 9.17) is 5.73 Å². The molecular weight excluding hydrogens is 322 g/mol. The third-order valence-electron chi connectivity index (χ3n) is 4.59. The van der Waals surface area contributed by atoms with Gasteiger partial charge in [-0.05, 0) is 19.8 Å². The molecule has 0 aliphatic carbocycles. The number of hydrogen-bond acceptors (Lipinski definition) is 5. The standard InChI is InChI=1S/C16H23N7O2/c1-3-23-14-11(9-20-23)13(12(8-19-14)15(24)18-2)21-10-4-6-22(7-5-10)16(17)25/h8-10H,3-7H2,1-2H3,(H2,17,25)(H,18,24)(H,19,21). The summed E-state index contributed by atoms with van der Waals surface area (Å²) in [5.74, 6) is -0.198. The molecule has 25 heavy (non-hydrogen) atoms. The number of anilines is 1. The molecule has 3 amide bonds. The lowest BCUT2D eigenvalue weighted by atomic mass is 10.0. The predicted octanol–water partition coefficient (Wildman–Crippen LogP) is 0.766. The molecule has 0 spiro atoms. The number of carbonyl (C=O) groups excluding carboxylic acids is 2. The lowest BCUT2D eigenvalue weighted by molar-refractivity contribution is 0.0963. The molecule has 2 aromatic rings. The summed E-state index contributed by atoms with van der Waals surface area (Å²) in [7, 11) is 1.59. The topological polar surface area (TPSA) is 118 Å². The summed E-state index contributed by atoms with van der Waals surface area (Å²) < 4.78 is 1.80. The molecule has 0 atom stereocenters. The highest BCUT2D eigenvalue weighted by molar-refractivity contribution is 6.06. The molecule has 1 aliphatic rings. The van der Waals surface area contributed by atoms with Crippen LogP contribution in [-0.2, 0) is 6.54 Å². The van der Waals surface area contributed by atoms with E-state index < -0.39 is 0 Å². The monoisotopic (exact) mass is 345 g/mol. The van der Waals surface area contributed by atoms with Crippen molar-refractivity contribution in [1.29, 1.82) is 0 Å². The Morgan fingerprint density at radius 2 is 2.04 bits per heavy atom. The zero-order valence-electron chi connectivity index (χ0n) is 14.5. The number of carbonyl (C=O) groups is 2. The third-order valence-corrected chi connectivity index (χ3v) is 4.59. The Morgan fingerprint density at radius 3 is 2.64 bits per heavy atom. The van der Waals surface area contributed by atoms with Crippen molar-refractivity contribution in [2.75, 3.05) is 25.5 Å². The molecule has 0 saturated carbocycles. The molecule has 0 radical (unpaired) electrons. The first-order valence-corrected chi connectivity index (χ1v) is 8.42. The maximum atomic E-state index is 12.2. The summed E-state index contributed by atoms with van der Waals surface area (Å²) in [6.45, 7) is 3.90. The number of amides is 3. The van der Waals surface area contributed by atoms with Gasteiger partial charge in [-0.25, -0.2) is 14.5 Å². The maximum Gasteiger partial charge on any atom is 0.314 e. The molecule has 134 valence electrons. The van der Waals surface area contributed by atoms with Gasteiger partial charge >= 0.3 is 6.03 Å². The van der Waals surface area contributed by atoms with Gasteiger partial charge < -0.3 is 21.3 Å². The van der Waals surface area contributed by atoms with Crippen molar-refractivity contribution < 1.29 is 9.59 Å². The number of fused-ring (bicyclic) bond motifs is 1. The van der Waals surface area contributed by atoms with Gasteiger partial charge in [0.2, 0.25) is 0 Å². The highest BCUT2D eigenvalue weighted by Crippen LogP contribution is 2.28. The number of aryl methyl sites for hydroxylation is 1. The fourth-order valence-electron chi connectivity index (χ4n) is 3.17. The first-order chi connectivity index (χ1) is 12.0. The zero-order chi connectivity index (χ0) is 18.0. The van der Waals surface area contributed by atoms with Gasteiger partial charge in [0.05, 0.1) is 22.8 Å². The fraction of sp³-hybridized carbons (Fsp3) is 0.500. The first-order valence-electron chi connectivity index (χ1n) is 8.42. The van der Waals surface area contributed by atoms with Crippen molar-refractivity contribution in [3.8, 4) is 0 Å². The molecule has 4 N–H and O–H groups in total. The molecule has 3 heterocycles. The smallest absolute Gasteiger partial charge is 0.314 e. The Morgan fingerprint density at radius 1 is 1.32 bits per heavy atom. The molecule has 0 aromatic carbocycles. The molecule has 0 bridgehead atoms. The van der Waals surface area contributed by atoms with Crippen LogP contribution in [0.2, 0.25) is 0 Å². The largest absolute Gasteiger partial charge is 0.381 e. The van der Waals surface area contributed by atoms with Gasteiger partial charge in [0.1, 0.15) is 0 Å². The SMILES string of the molecule is CCn1ncc2c(NC3CCN(C(N)=O)CC3)c(C(=O)NC)cnc21. The lowest BCUT2D eigenvalue weighted by Crippen LogP contribution is -2.44. The number of piperidine rings is 1. The lowest BCUT2D eigenvalue weighted by Gasteiger charge is -2.32. The van der Waals surface area contributed by atoms with E-state index in [1.807, 2.05) is 6.92 Å². The van der Waals surface area contributed by atoms with Crippen LogP contribution in [0.1, 0.15) is 30.1 Å². The van der Waals surface area contributed by atoms with Gasteiger partial charge in [0.15, 0.2) is 5.65 Å². The molecule has 1 saturated heterocycles. The van der Waals surface area contributed by atoms with Gasteiger partial charge in [-0.15, -0.1) is 0 Å². The first kappa shape index (κ1) is 17.0. The summed E-state index contributed by atoms with van der Waals surface area (Å²) >= 11 is 0. The van der Waals surface area contributed by atoms with Crippen LogP contribution in [0, 0.1) is 0 Å². The van der Waals surface area contributed by atoms with E-state index in [1.165, 1.54) is 0 Å². The highest BCUT2D eigenvalue weighted by Gasteiger charge is 2.24. The molecule has 9 heteroatoms. The molecule has 3 rings (SSSR count). The minimum Gasteiger partial charge on any atom is -0.381 e. The normalized spacial score (nSPS) is 15.4. The minimum atomic E-state index is -0.389. The second-order valence-corrected chi connectivity index (χ2v) is 6.07. The van der Waals surface area contributed by atoms with Crippen LogP contribution in [0.3, 0.4) is 0 Å². The number of rotatable bonds is 4. The minimum absolute atomic E-state index is 0.148. The number of likely N-dealkylation sites (tertiary alicyclic amines) is 1. The fourth-order valence-corrected chi connectivity index (χ4v) is 3.17. The van der Waals surface area contributed by atoms with Crippen molar-refractivity contribution in [3.63, 3.8) is 0 Å². The van der Waals surface area contributed by atoms with E-state index in [1.54, 1.807) is 29.0 Å². The Balaban J connectivity index is 1.92. The van der Waals surface area contributed by atoms with Crippen LogP contribution >= 0.6 is 0 Å².